The van der Waals surface area contributed by atoms with E-state index in [0.29, 0.717) is 11.4 Å². The average molecular weight is 352 g/mol. The molecule has 10 heteroatoms. The largest absolute Gasteiger partial charge is 0.497 e. The van der Waals surface area contributed by atoms with Gasteiger partial charge < -0.3 is 10.1 Å². The van der Waals surface area contributed by atoms with Gasteiger partial charge in [-0.05, 0) is 24.3 Å². The number of halogens is 1. The van der Waals surface area contributed by atoms with Crippen molar-refractivity contribution in [2.45, 2.75) is 0 Å². The maximum Gasteiger partial charge on any atom is 0.295 e. The van der Waals surface area contributed by atoms with E-state index < -0.39 is 32.2 Å². The van der Waals surface area contributed by atoms with Gasteiger partial charge in [0, 0.05) is 17.8 Å². The number of ether oxygens (including phenoxy) is 1. The summed E-state index contributed by atoms with van der Waals surface area (Å²) < 4.78 is 4.98. The van der Waals surface area contributed by atoms with E-state index in [1.165, 1.54) is 7.11 Å². The maximum absolute atomic E-state index is 12.2. The highest BCUT2D eigenvalue weighted by Crippen LogP contribution is 2.35. The lowest BCUT2D eigenvalue weighted by molar-refractivity contribution is -0.393. The number of hydrogen-bond acceptors (Lipinski definition) is 6. The fourth-order valence-corrected chi connectivity index (χ4v) is 2.12. The van der Waals surface area contributed by atoms with Gasteiger partial charge in [0.25, 0.3) is 17.3 Å². The van der Waals surface area contributed by atoms with Crippen LogP contribution in [0.1, 0.15) is 10.4 Å². The summed E-state index contributed by atoms with van der Waals surface area (Å²) in [7, 11) is 1.49. The van der Waals surface area contributed by atoms with E-state index in [2.05, 4.69) is 5.32 Å². The molecule has 0 aromatic heterocycles. The molecule has 0 aliphatic carbocycles. The molecule has 0 unspecified atom stereocenters. The van der Waals surface area contributed by atoms with Gasteiger partial charge in [0.05, 0.1) is 22.5 Å². The molecular formula is C14H10ClN3O6. The van der Waals surface area contributed by atoms with Crippen LogP contribution in [-0.2, 0) is 0 Å². The summed E-state index contributed by atoms with van der Waals surface area (Å²) in [5.74, 6) is -0.172. The first-order valence-corrected chi connectivity index (χ1v) is 6.79. The average Bonchev–Trinajstić information content (AvgIpc) is 2.55. The third-order valence-corrected chi connectivity index (χ3v) is 3.42. The van der Waals surface area contributed by atoms with Crippen molar-refractivity contribution in [1.29, 1.82) is 0 Å². The molecule has 0 atom stereocenters. The number of carbonyl (C=O) groups is 1. The standard InChI is InChI=1S/C14H10ClN3O6/c1-24-10-4-2-9(3-5-10)16-14(19)8-6-11(17(20)21)13(15)12(7-8)18(22)23/h2-7H,1H3,(H,16,19). The molecule has 24 heavy (non-hydrogen) atoms. The Morgan fingerprint density at radius 1 is 1.08 bits per heavy atom. The SMILES string of the molecule is COc1ccc(NC(=O)c2cc([N+](=O)[O-])c(Cl)c([N+](=O)[O-])c2)cc1. The van der Waals surface area contributed by atoms with Crippen molar-refractivity contribution in [3.8, 4) is 5.75 Å². The van der Waals surface area contributed by atoms with E-state index in [0.717, 1.165) is 12.1 Å². The zero-order valence-electron chi connectivity index (χ0n) is 12.2. The summed E-state index contributed by atoms with van der Waals surface area (Å²) in [6, 6.07) is 8.07. The van der Waals surface area contributed by atoms with E-state index in [1.807, 2.05) is 0 Å². The predicted molar refractivity (Wildman–Crippen MR) is 85.7 cm³/mol. The fraction of sp³-hybridized carbons (Fsp3) is 0.0714. The molecule has 2 aromatic rings. The first-order valence-electron chi connectivity index (χ1n) is 6.41. The zero-order valence-corrected chi connectivity index (χ0v) is 12.9. The first kappa shape index (κ1) is 17.2. The summed E-state index contributed by atoms with van der Waals surface area (Å²) >= 11 is 5.64. The number of nitrogens with zero attached hydrogens (tertiary/aromatic N) is 2. The van der Waals surface area contributed by atoms with Gasteiger partial charge in [-0.3, -0.25) is 25.0 Å². The first-order chi connectivity index (χ1) is 11.3. The van der Waals surface area contributed by atoms with Gasteiger partial charge in [0.2, 0.25) is 0 Å². The Bertz CT molecular complexity index is 787. The molecule has 0 saturated carbocycles. The van der Waals surface area contributed by atoms with E-state index in [4.69, 9.17) is 16.3 Å². The molecule has 0 aliphatic rings. The fourth-order valence-electron chi connectivity index (χ4n) is 1.87. The molecule has 0 bridgehead atoms. The van der Waals surface area contributed by atoms with Crippen LogP contribution in [-0.4, -0.2) is 22.9 Å². The number of nitro groups is 2. The molecule has 0 heterocycles. The van der Waals surface area contributed by atoms with Crippen molar-refractivity contribution in [3.05, 3.63) is 67.2 Å². The van der Waals surface area contributed by atoms with Gasteiger partial charge in [0.1, 0.15) is 5.75 Å². The molecule has 1 N–H and O–H groups in total. The minimum absolute atomic E-state index is 0.256. The van der Waals surface area contributed by atoms with E-state index >= 15 is 0 Å². The van der Waals surface area contributed by atoms with Crippen molar-refractivity contribution in [1.82, 2.24) is 0 Å². The lowest BCUT2D eigenvalue weighted by Crippen LogP contribution is -2.13. The van der Waals surface area contributed by atoms with Crippen molar-refractivity contribution in [3.63, 3.8) is 0 Å². The Balaban J connectivity index is 2.37. The summed E-state index contributed by atoms with van der Waals surface area (Å²) in [5, 5.41) is 23.8. The second kappa shape index (κ2) is 6.92. The number of hydrogen-bond donors (Lipinski definition) is 1. The molecule has 2 aromatic carbocycles. The minimum atomic E-state index is -0.889. The monoisotopic (exact) mass is 351 g/mol. The minimum Gasteiger partial charge on any atom is -0.497 e. The topological polar surface area (TPSA) is 125 Å². The second-order valence-corrected chi connectivity index (χ2v) is 4.90. The summed E-state index contributed by atoms with van der Waals surface area (Å²) in [4.78, 5) is 32.3. The number of benzene rings is 2. The number of rotatable bonds is 5. The van der Waals surface area contributed by atoms with Crippen LogP contribution in [0.2, 0.25) is 5.02 Å². The molecule has 1 amide bonds. The summed E-state index contributed by atoms with van der Waals surface area (Å²) in [6.07, 6.45) is 0. The predicted octanol–water partition coefficient (Wildman–Crippen LogP) is 3.42. The quantitative estimate of drug-likeness (QED) is 0.650. The van der Waals surface area contributed by atoms with Gasteiger partial charge in [-0.1, -0.05) is 11.6 Å². The Kier molecular flexibility index (Phi) is 4.95. The maximum atomic E-state index is 12.2. The highest BCUT2D eigenvalue weighted by atomic mass is 35.5. The van der Waals surface area contributed by atoms with Crippen LogP contribution in [0.15, 0.2) is 36.4 Å². The molecule has 0 spiro atoms. The van der Waals surface area contributed by atoms with Crippen LogP contribution in [0, 0.1) is 20.2 Å². The highest BCUT2D eigenvalue weighted by molar-refractivity contribution is 6.35. The van der Waals surface area contributed by atoms with E-state index in [9.17, 15) is 25.0 Å². The van der Waals surface area contributed by atoms with Gasteiger partial charge in [-0.25, -0.2) is 0 Å². The van der Waals surface area contributed by atoms with Crippen molar-refractivity contribution in [2.75, 3.05) is 12.4 Å². The molecule has 124 valence electrons. The van der Waals surface area contributed by atoms with Crippen LogP contribution in [0.4, 0.5) is 17.1 Å². The van der Waals surface area contributed by atoms with Gasteiger partial charge in [0.15, 0.2) is 5.02 Å². The molecule has 0 fully saturated rings. The highest BCUT2D eigenvalue weighted by Gasteiger charge is 2.27. The molecular weight excluding hydrogens is 342 g/mol. The Morgan fingerprint density at radius 2 is 1.58 bits per heavy atom. The summed E-state index contributed by atoms with van der Waals surface area (Å²) in [6.45, 7) is 0. The van der Waals surface area contributed by atoms with E-state index in [1.54, 1.807) is 24.3 Å². The number of amides is 1. The number of nitro benzene ring substituents is 2. The second-order valence-electron chi connectivity index (χ2n) is 4.53. The van der Waals surface area contributed by atoms with Gasteiger partial charge >= 0.3 is 0 Å². The summed E-state index contributed by atoms with van der Waals surface area (Å²) in [5.41, 5.74) is -1.30. The third kappa shape index (κ3) is 3.58. The molecule has 0 aliphatic heterocycles. The van der Waals surface area contributed by atoms with Gasteiger partial charge in [-0.15, -0.1) is 0 Å². The number of anilines is 1. The number of methoxy groups -OCH3 is 1. The van der Waals surface area contributed by atoms with Gasteiger partial charge in [-0.2, -0.15) is 0 Å². The Hall–Kier alpha value is -3.20. The molecule has 0 radical (unpaired) electrons. The van der Waals surface area contributed by atoms with E-state index in [-0.39, 0.29) is 5.56 Å². The van der Waals surface area contributed by atoms with Crippen molar-refractivity contribution < 1.29 is 19.4 Å². The Morgan fingerprint density at radius 3 is 2.00 bits per heavy atom. The lowest BCUT2D eigenvalue weighted by atomic mass is 10.1. The Labute approximate surface area is 140 Å². The molecule has 0 saturated heterocycles. The molecule has 9 nitrogen and oxygen atoms in total. The smallest absolute Gasteiger partial charge is 0.295 e. The van der Waals surface area contributed by atoms with Crippen LogP contribution in [0.5, 0.6) is 5.75 Å². The number of nitrogens with one attached hydrogen (secondary N) is 1. The lowest BCUT2D eigenvalue weighted by Gasteiger charge is -2.07. The number of carbonyl (C=O) groups excluding carboxylic acids is 1. The van der Waals surface area contributed by atoms with Crippen molar-refractivity contribution in [2.24, 2.45) is 0 Å². The normalized spacial score (nSPS) is 10.1. The third-order valence-electron chi connectivity index (χ3n) is 3.04. The van der Waals surface area contributed by atoms with Crippen LogP contribution < -0.4 is 10.1 Å². The van der Waals surface area contributed by atoms with Crippen LogP contribution in [0.3, 0.4) is 0 Å². The zero-order chi connectivity index (χ0) is 17.9. The molecule has 2 rings (SSSR count). The van der Waals surface area contributed by atoms with Crippen molar-refractivity contribution >= 4 is 34.6 Å². The van der Waals surface area contributed by atoms with Crippen LogP contribution in [0.25, 0.3) is 0 Å². The van der Waals surface area contributed by atoms with Crippen LogP contribution >= 0.6 is 11.6 Å².